The van der Waals surface area contributed by atoms with E-state index in [1.54, 1.807) is 10.8 Å². The molecule has 0 aromatic carbocycles. The fraction of sp³-hybridized carbons (Fsp3) is 1.00. The molecule has 0 aromatic rings. The van der Waals surface area contributed by atoms with Crippen molar-refractivity contribution in [2.24, 2.45) is 0 Å². The predicted octanol–water partition coefficient (Wildman–Crippen LogP) is 1.57. The molecule has 0 aliphatic carbocycles. The minimum absolute atomic E-state index is 0.554. The van der Waals surface area contributed by atoms with Crippen LogP contribution in [0.15, 0.2) is 0 Å². The van der Waals surface area contributed by atoms with Gasteiger partial charge in [0, 0.05) is 10.2 Å². The minimum Gasteiger partial charge on any atom is -0.605 e. The monoisotopic (exact) mass is 150 g/mol. The first-order valence-corrected chi connectivity index (χ1v) is 5.56. The topological polar surface area (TPSA) is 23.1 Å². The molecule has 0 bridgehead atoms. The van der Waals surface area contributed by atoms with Gasteiger partial charge in [0.1, 0.15) is 5.75 Å². The zero-order chi connectivity index (χ0) is 5.98. The van der Waals surface area contributed by atoms with Gasteiger partial charge in [-0.25, -0.2) is 0 Å². The first-order valence-electron chi connectivity index (χ1n) is 2.84. The maximum absolute atomic E-state index is 10.7. The Morgan fingerprint density at radius 1 is 1.75 bits per heavy atom. The minimum atomic E-state index is -0.554. The molecule has 2 atom stereocenters. The summed E-state index contributed by atoms with van der Waals surface area (Å²) in [4.78, 5) is 0. The van der Waals surface area contributed by atoms with Gasteiger partial charge in [-0.1, -0.05) is 0 Å². The van der Waals surface area contributed by atoms with Crippen molar-refractivity contribution in [3.8, 4) is 0 Å². The standard InChI is InChI=1S/C5H10OS2/c1-5-3-2-4-8(6)7-5/h5H,2-4H2,1H3. The molecule has 0 radical (unpaired) electrons. The van der Waals surface area contributed by atoms with E-state index in [0.717, 1.165) is 12.2 Å². The molecule has 8 heavy (non-hydrogen) atoms. The molecule has 0 aromatic heterocycles. The van der Waals surface area contributed by atoms with Gasteiger partial charge in [-0.3, -0.25) is 0 Å². The highest BCUT2D eigenvalue weighted by molar-refractivity contribution is 8.72. The van der Waals surface area contributed by atoms with Crippen molar-refractivity contribution in [1.29, 1.82) is 0 Å². The maximum Gasteiger partial charge on any atom is 0.118 e. The molecule has 1 rings (SSSR count). The fourth-order valence-electron chi connectivity index (χ4n) is 0.768. The van der Waals surface area contributed by atoms with Crippen LogP contribution < -0.4 is 0 Å². The molecule has 2 unspecified atom stereocenters. The van der Waals surface area contributed by atoms with Crippen molar-refractivity contribution in [2.45, 2.75) is 25.0 Å². The van der Waals surface area contributed by atoms with Crippen molar-refractivity contribution in [3.63, 3.8) is 0 Å². The van der Waals surface area contributed by atoms with E-state index in [4.69, 9.17) is 0 Å². The van der Waals surface area contributed by atoms with E-state index in [1.165, 1.54) is 6.42 Å². The number of hydrogen-bond acceptors (Lipinski definition) is 2. The first kappa shape index (κ1) is 6.78. The Labute approximate surface area is 56.8 Å². The Bertz CT molecular complexity index is 68.8. The van der Waals surface area contributed by atoms with Crippen LogP contribution in [0, 0.1) is 0 Å². The third kappa shape index (κ3) is 1.88. The highest BCUT2D eigenvalue weighted by Gasteiger charge is 2.20. The molecule has 1 fully saturated rings. The van der Waals surface area contributed by atoms with Gasteiger partial charge in [-0.2, -0.15) is 0 Å². The van der Waals surface area contributed by atoms with Gasteiger partial charge in [0.05, 0.1) is 16.0 Å². The highest BCUT2D eigenvalue weighted by Crippen LogP contribution is 2.28. The predicted molar refractivity (Wildman–Crippen MR) is 39.3 cm³/mol. The van der Waals surface area contributed by atoms with Crippen molar-refractivity contribution in [1.82, 2.24) is 0 Å². The van der Waals surface area contributed by atoms with Crippen LogP contribution in [0.1, 0.15) is 19.8 Å². The Balaban J connectivity index is 2.23. The second-order valence-corrected chi connectivity index (χ2v) is 5.76. The molecule has 0 amide bonds. The van der Waals surface area contributed by atoms with Crippen molar-refractivity contribution in [3.05, 3.63) is 0 Å². The number of hydrogen-bond donors (Lipinski definition) is 0. The summed E-state index contributed by atoms with van der Waals surface area (Å²) in [6.07, 6.45) is 2.40. The van der Waals surface area contributed by atoms with Crippen LogP contribution in [0.25, 0.3) is 0 Å². The van der Waals surface area contributed by atoms with E-state index in [1.807, 2.05) is 0 Å². The SMILES string of the molecule is CC1CCC[S+]([O-])S1. The lowest BCUT2D eigenvalue weighted by atomic mass is 10.3. The molecule has 0 N–H and O–H groups in total. The zero-order valence-corrected chi connectivity index (χ0v) is 6.56. The quantitative estimate of drug-likeness (QED) is 0.386. The normalized spacial score (nSPS) is 39.8. The van der Waals surface area contributed by atoms with Crippen LogP contribution in [0.2, 0.25) is 0 Å². The third-order valence-corrected chi connectivity index (χ3v) is 4.72. The molecule has 0 saturated carbocycles. The second-order valence-electron chi connectivity index (χ2n) is 2.06. The Morgan fingerprint density at radius 3 is 2.88 bits per heavy atom. The Morgan fingerprint density at radius 2 is 2.50 bits per heavy atom. The van der Waals surface area contributed by atoms with Crippen LogP contribution in [-0.2, 0) is 10.2 Å². The summed E-state index contributed by atoms with van der Waals surface area (Å²) in [6, 6.07) is 0. The van der Waals surface area contributed by atoms with Gasteiger partial charge in [0.25, 0.3) is 0 Å². The van der Waals surface area contributed by atoms with E-state index in [0.29, 0.717) is 5.25 Å². The van der Waals surface area contributed by atoms with E-state index >= 15 is 0 Å². The molecule has 1 aliphatic rings. The summed E-state index contributed by atoms with van der Waals surface area (Å²) in [5.74, 6) is 0.912. The fourth-order valence-corrected chi connectivity index (χ4v) is 3.93. The molecule has 0 spiro atoms. The van der Waals surface area contributed by atoms with E-state index in [2.05, 4.69) is 6.92 Å². The van der Waals surface area contributed by atoms with Crippen molar-refractivity contribution in [2.75, 3.05) is 5.75 Å². The summed E-state index contributed by atoms with van der Waals surface area (Å²) in [5.41, 5.74) is 0. The largest absolute Gasteiger partial charge is 0.605 e. The van der Waals surface area contributed by atoms with E-state index < -0.39 is 10.2 Å². The van der Waals surface area contributed by atoms with Crippen LogP contribution in [-0.4, -0.2) is 15.6 Å². The van der Waals surface area contributed by atoms with Crippen LogP contribution >= 0.6 is 10.8 Å². The average Bonchev–Trinajstić information content (AvgIpc) is 1.64. The summed E-state index contributed by atoms with van der Waals surface area (Å²) >= 11 is 0. The zero-order valence-electron chi connectivity index (χ0n) is 4.92. The van der Waals surface area contributed by atoms with Gasteiger partial charge in [0.15, 0.2) is 0 Å². The second kappa shape index (κ2) is 2.99. The molecular weight excluding hydrogens is 140 g/mol. The Hall–Kier alpha value is 0.660. The average molecular weight is 150 g/mol. The van der Waals surface area contributed by atoms with Gasteiger partial charge in [-0.15, -0.1) is 0 Å². The number of rotatable bonds is 0. The smallest absolute Gasteiger partial charge is 0.118 e. The van der Waals surface area contributed by atoms with Crippen molar-refractivity contribution < 1.29 is 4.55 Å². The molecule has 1 saturated heterocycles. The summed E-state index contributed by atoms with van der Waals surface area (Å²) in [7, 11) is 1.06. The molecule has 48 valence electrons. The van der Waals surface area contributed by atoms with Crippen LogP contribution in [0.3, 0.4) is 0 Å². The van der Waals surface area contributed by atoms with Gasteiger partial charge < -0.3 is 4.55 Å². The lowest BCUT2D eigenvalue weighted by molar-refractivity contribution is 0.601. The Kier molecular flexibility index (Phi) is 2.53. The summed E-state index contributed by atoms with van der Waals surface area (Å²) < 4.78 is 10.7. The lowest BCUT2D eigenvalue weighted by Crippen LogP contribution is -2.14. The molecular formula is C5H10OS2. The molecule has 1 nitrogen and oxygen atoms in total. The van der Waals surface area contributed by atoms with Gasteiger partial charge in [-0.05, 0) is 19.8 Å². The van der Waals surface area contributed by atoms with Gasteiger partial charge in [0.2, 0.25) is 0 Å². The summed E-state index contributed by atoms with van der Waals surface area (Å²) in [5, 5.41) is 0.629. The molecule has 3 heteroatoms. The summed E-state index contributed by atoms with van der Waals surface area (Å²) in [6.45, 7) is 2.14. The maximum atomic E-state index is 10.7. The van der Waals surface area contributed by atoms with Crippen LogP contribution in [0.5, 0.6) is 0 Å². The molecule has 1 heterocycles. The van der Waals surface area contributed by atoms with Crippen molar-refractivity contribution >= 4 is 21.0 Å². The highest BCUT2D eigenvalue weighted by atomic mass is 33.1. The third-order valence-electron chi connectivity index (χ3n) is 1.19. The van der Waals surface area contributed by atoms with E-state index in [9.17, 15) is 4.55 Å². The van der Waals surface area contributed by atoms with E-state index in [-0.39, 0.29) is 0 Å². The molecule has 1 aliphatic heterocycles. The van der Waals surface area contributed by atoms with Gasteiger partial charge >= 0.3 is 0 Å². The van der Waals surface area contributed by atoms with Crippen LogP contribution in [0.4, 0.5) is 0 Å². The first-order chi connectivity index (χ1) is 3.79. The lowest BCUT2D eigenvalue weighted by Gasteiger charge is -2.17.